The van der Waals surface area contributed by atoms with Crippen molar-refractivity contribution in [3.05, 3.63) is 58.6 Å². The van der Waals surface area contributed by atoms with E-state index in [1.165, 1.54) is 12.5 Å². The Morgan fingerprint density at radius 2 is 1.77 bits per heavy atom. The van der Waals surface area contributed by atoms with Crippen molar-refractivity contribution in [1.82, 2.24) is 4.90 Å². The number of piperazine rings is 1. The second kappa shape index (κ2) is 7.79. The summed E-state index contributed by atoms with van der Waals surface area (Å²) < 4.78 is 0. The predicted molar refractivity (Wildman–Crippen MR) is 105 cm³/mol. The van der Waals surface area contributed by atoms with Crippen LogP contribution in [0, 0.1) is 6.92 Å². The second-order valence-corrected chi connectivity index (χ2v) is 6.91. The van der Waals surface area contributed by atoms with E-state index in [2.05, 4.69) is 17.1 Å². The highest BCUT2D eigenvalue weighted by Gasteiger charge is 2.23. The molecular formula is C20H22ClN3O2. The van der Waals surface area contributed by atoms with Gasteiger partial charge in [-0.1, -0.05) is 23.7 Å². The van der Waals surface area contributed by atoms with Crippen LogP contribution in [0.5, 0.6) is 0 Å². The van der Waals surface area contributed by atoms with Gasteiger partial charge in [0.1, 0.15) is 0 Å². The van der Waals surface area contributed by atoms with E-state index in [0.29, 0.717) is 24.3 Å². The minimum atomic E-state index is -0.153. The summed E-state index contributed by atoms with van der Waals surface area (Å²) in [5, 5.41) is 3.43. The molecular weight excluding hydrogens is 350 g/mol. The van der Waals surface area contributed by atoms with E-state index >= 15 is 0 Å². The summed E-state index contributed by atoms with van der Waals surface area (Å²) in [6, 6.07) is 12.9. The van der Waals surface area contributed by atoms with E-state index in [1.807, 2.05) is 23.1 Å². The third kappa shape index (κ3) is 4.17. The van der Waals surface area contributed by atoms with Gasteiger partial charge in [0.2, 0.25) is 5.91 Å². The average molecular weight is 372 g/mol. The molecule has 2 aromatic rings. The third-order valence-corrected chi connectivity index (χ3v) is 4.74. The Morgan fingerprint density at radius 1 is 1.04 bits per heavy atom. The maximum atomic E-state index is 12.8. The van der Waals surface area contributed by atoms with Crippen molar-refractivity contribution in [1.29, 1.82) is 0 Å². The number of carbonyl (C=O) groups is 2. The van der Waals surface area contributed by atoms with E-state index in [0.717, 1.165) is 23.8 Å². The highest BCUT2D eigenvalue weighted by atomic mass is 35.5. The lowest BCUT2D eigenvalue weighted by molar-refractivity contribution is -0.114. The first kappa shape index (κ1) is 18.3. The summed E-state index contributed by atoms with van der Waals surface area (Å²) >= 11 is 6.12. The van der Waals surface area contributed by atoms with Gasteiger partial charge in [-0.25, -0.2) is 0 Å². The minimum Gasteiger partial charge on any atom is -0.368 e. The van der Waals surface area contributed by atoms with Crippen LogP contribution in [0.25, 0.3) is 0 Å². The Hall–Kier alpha value is -2.53. The van der Waals surface area contributed by atoms with Crippen molar-refractivity contribution in [2.75, 3.05) is 36.4 Å². The number of halogens is 1. The Kier molecular flexibility index (Phi) is 5.47. The smallest absolute Gasteiger partial charge is 0.254 e. The lowest BCUT2D eigenvalue weighted by Gasteiger charge is -2.37. The van der Waals surface area contributed by atoms with E-state index in [1.54, 1.807) is 24.3 Å². The Morgan fingerprint density at radius 3 is 2.46 bits per heavy atom. The topological polar surface area (TPSA) is 52.7 Å². The van der Waals surface area contributed by atoms with Crippen LogP contribution in [-0.2, 0) is 4.79 Å². The van der Waals surface area contributed by atoms with Crippen LogP contribution in [0.3, 0.4) is 0 Å². The molecule has 1 fully saturated rings. The first-order valence-corrected chi connectivity index (χ1v) is 9.00. The minimum absolute atomic E-state index is 0.0142. The highest BCUT2D eigenvalue weighted by molar-refractivity contribution is 6.30. The average Bonchev–Trinajstić information content (AvgIpc) is 2.63. The van der Waals surface area contributed by atoms with Gasteiger partial charge in [0, 0.05) is 55.1 Å². The number of hydrogen-bond donors (Lipinski definition) is 1. The molecule has 0 unspecified atom stereocenters. The summed E-state index contributed by atoms with van der Waals surface area (Å²) in [6.07, 6.45) is 0. The number of nitrogens with zero attached hydrogens (tertiary/aromatic N) is 2. The Labute approximate surface area is 158 Å². The fourth-order valence-electron chi connectivity index (χ4n) is 3.19. The number of rotatable bonds is 3. The van der Waals surface area contributed by atoms with E-state index in [4.69, 9.17) is 11.6 Å². The van der Waals surface area contributed by atoms with Crippen LogP contribution < -0.4 is 10.2 Å². The van der Waals surface area contributed by atoms with Crippen molar-refractivity contribution in [3.8, 4) is 0 Å². The van der Waals surface area contributed by atoms with Crippen molar-refractivity contribution in [3.63, 3.8) is 0 Å². The van der Waals surface area contributed by atoms with Gasteiger partial charge in [0.15, 0.2) is 0 Å². The van der Waals surface area contributed by atoms with Crippen molar-refractivity contribution >= 4 is 34.8 Å². The molecule has 1 aliphatic heterocycles. The Bertz CT molecular complexity index is 830. The SMILES string of the molecule is CC(=O)Nc1cccc(C(=O)N2CCN(c3cc(Cl)ccc3C)CC2)c1. The first-order chi connectivity index (χ1) is 12.4. The number of nitrogens with one attached hydrogen (secondary N) is 1. The van der Waals surface area contributed by atoms with Crippen molar-refractivity contribution in [2.45, 2.75) is 13.8 Å². The normalized spacial score (nSPS) is 14.3. The lowest BCUT2D eigenvalue weighted by Crippen LogP contribution is -2.49. The Balaban J connectivity index is 1.67. The summed E-state index contributed by atoms with van der Waals surface area (Å²) in [6.45, 7) is 6.34. The molecule has 6 heteroatoms. The number of aryl methyl sites for hydroxylation is 1. The van der Waals surface area contributed by atoms with Gasteiger partial charge >= 0.3 is 0 Å². The van der Waals surface area contributed by atoms with E-state index in [-0.39, 0.29) is 11.8 Å². The van der Waals surface area contributed by atoms with Crippen molar-refractivity contribution < 1.29 is 9.59 Å². The van der Waals surface area contributed by atoms with Crippen LogP contribution in [0.2, 0.25) is 5.02 Å². The molecule has 0 bridgehead atoms. The summed E-state index contributed by atoms with van der Waals surface area (Å²) in [5.74, 6) is -0.167. The van der Waals surface area contributed by atoms with Gasteiger partial charge in [-0.05, 0) is 42.8 Å². The number of hydrogen-bond acceptors (Lipinski definition) is 3. The second-order valence-electron chi connectivity index (χ2n) is 6.47. The molecule has 26 heavy (non-hydrogen) atoms. The number of amides is 2. The highest BCUT2D eigenvalue weighted by Crippen LogP contribution is 2.25. The predicted octanol–water partition coefficient (Wildman–Crippen LogP) is 3.57. The van der Waals surface area contributed by atoms with Gasteiger partial charge in [-0.15, -0.1) is 0 Å². The molecule has 0 saturated carbocycles. The fourth-order valence-corrected chi connectivity index (χ4v) is 3.36. The molecule has 136 valence electrons. The lowest BCUT2D eigenvalue weighted by atomic mass is 10.1. The zero-order valence-electron chi connectivity index (χ0n) is 15.0. The van der Waals surface area contributed by atoms with Gasteiger partial charge in [-0.2, -0.15) is 0 Å². The third-order valence-electron chi connectivity index (χ3n) is 4.51. The standard InChI is InChI=1S/C20H22ClN3O2/c1-14-6-7-17(21)13-19(14)23-8-10-24(11-9-23)20(26)16-4-3-5-18(12-16)22-15(2)25/h3-7,12-13H,8-11H2,1-2H3,(H,22,25). The van der Waals surface area contributed by atoms with Crippen LogP contribution >= 0.6 is 11.6 Å². The molecule has 0 spiro atoms. The molecule has 2 aromatic carbocycles. The van der Waals surface area contributed by atoms with Gasteiger partial charge in [0.25, 0.3) is 5.91 Å². The van der Waals surface area contributed by atoms with Crippen LogP contribution in [-0.4, -0.2) is 42.9 Å². The number of anilines is 2. The molecule has 0 aromatic heterocycles. The fraction of sp³-hybridized carbons (Fsp3) is 0.300. The molecule has 1 saturated heterocycles. The van der Waals surface area contributed by atoms with Crippen LogP contribution in [0.4, 0.5) is 11.4 Å². The van der Waals surface area contributed by atoms with E-state index in [9.17, 15) is 9.59 Å². The molecule has 2 amide bonds. The van der Waals surface area contributed by atoms with Crippen molar-refractivity contribution in [2.24, 2.45) is 0 Å². The molecule has 1 aliphatic rings. The largest absolute Gasteiger partial charge is 0.368 e. The molecule has 1 N–H and O–H groups in total. The molecule has 5 nitrogen and oxygen atoms in total. The molecule has 1 heterocycles. The van der Waals surface area contributed by atoms with Crippen LogP contribution in [0.1, 0.15) is 22.8 Å². The summed E-state index contributed by atoms with van der Waals surface area (Å²) in [5.41, 5.74) is 3.52. The zero-order valence-corrected chi connectivity index (χ0v) is 15.7. The molecule has 0 radical (unpaired) electrons. The maximum absolute atomic E-state index is 12.8. The number of carbonyl (C=O) groups excluding carboxylic acids is 2. The number of benzene rings is 2. The first-order valence-electron chi connectivity index (χ1n) is 8.62. The van der Waals surface area contributed by atoms with Gasteiger partial charge < -0.3 is 15.1 Å². The quantitative estimate of drug-likeness (QED) is 0.897. The zero-order chi connectivity index (χ0) is 18.7. The molecule has 3 rings (SSSR count). The van der Waals surface area contributed by atoms with E-state index < -0.39 is 0 Å². The molecule has 0 atom stereocenters. The summed E-state index contributed by atoms with van der Waals surface area (Å²) in [4.78, 5) is 28.1. The van der Waals surface area contributed by atoms with Crippen LogP contribution in [0.15, 0.2) is 42.5 Å². The summed E-state index contributed by atoms with van der Waals surface area (Å²) in [7, 11) is 0. The van der Waals surface area contributed by atoms with Gasteiger partial charge in [-0.3, -0.25) is 9.59 Å². The molecule has 0 aliphatic carbocycles. The van der Waals surface area contributed by atoms with Gasteiger partial charge in [0.05, 0.1) is 0 Å². The maximum Gasteiger partial charge on any atom is 0.254 e. The monoisotopic (exact) mass is 371 g/mol.